The number of carbonyl (C=O) groups is 1. The molecule has 0 aliphatic carbocycles. The third-order valence-electron chi connectivity index (χ3n) is 2.56. The Kier molecular flexibility index (Phi) is 3.35. The summed E-state index contributed by atoms with van der Waals surface area (Å²) < 4.78 is 0. The molecule has 1 N–H and O–H groups in total. The second-order valence-corrected chi connectivity index (χ2v) is 3.78. The second-order valence-electron chi connectivity index (χ2n) is 3.78. The summed E-state index contributed by atoms with van der Waals surface area (Å²) in [4.78, 5) is 17.6. The van der Waals surface area contributed by atoms with E-state index in [1.165, 1.54) is 4.90 Å². The lowest BCUT2D eigenvalue weighted by Gasteiger charge is -2.13. The number of aliphatic hydroxyl groups excluding tert-OH is 1. The average Bonchev–Trinajstić information content (AvgIpc) is 2.59. The van der Waals surface area contributed by atoms with Crippen molar-refractivity contribution in [1.82, 2.24) is 4.90 Å². The Balaban J connectivity index is 2.25. The molecule has 0 saturated heterocycles. The summed E-state index contributed by atoms with van der Waals surface area (Å²) in [6.07, 6.45) is 1.75. The van der Waals surface area contributed by atoms with Crippen molar-refractivity contribution in [2.24, 2.45) is 4.99 Å². The third-order valence-corrected chi connectivity index (χ3v) is 2.56. The first kappa shape index (κ1) is 11.5. The van der Waals surface area contributed by atoms with Gasteiger partial charge in [0, 0.05) is 0 Å². The number of amides is 1. The molecule has 0 bridgehead atoms. The monoisotopic (exact) mass is 230 g/mol. The van der Waals surface area contributed by atoms with Gasteiger partial charge in [0.1, 0.15) is 11.5 Å². The SMILES string of the molecule is CC1=N/C(=C/c2ccccc2)C(=O)N1CCO. The van der Waals surface area contributed by atoms with Gasteiger partial charge in [-0.3, -0.25) is 9.69 Å². The summed E-state index contributed by atoms with van der Waals surface area (Å²) >= 11 is 0. The first-order valence-electron chi connectivity index (χ1n) is 5.47. The molecule has 17 heavy (non-hydrogen) atoms. The minimum absolute atomic E-state index is 0.0583. The maximum Gasteiger partial charge on any atom is 0.277 e. The number of β-amino-alcohol motifs (C(OH)–C–C–N with tert-alkyl or cyclic N) is 1. The molecule has 0 atom stereocenters. The van der Waals surface area contributed by atoms with Gasteiger partial charge in [-0.15, -0.1) is 0 Å². The smallest absolute Gasteiger partial charge is 0.277 e. The zero-order chi connectivity index (χ0) is 12.3. The van der Waals surface area contributed by atoms with E-state index >= 15 is 0 Å². The van der Waals surface area contributed by atoms with Crippen molar-refractivity contribution < 1.29 is 9.90 Å². The fourth-order valence-electron chi connectivity index (χ4n) is 1.73. The van der Waals surface area contributed by atoms with Crippen molar-refractivity contribution in [3.63, 3.8) is 0 Å². The molecule has 1 aromatic carbocycles. The van der Waals surface area contributed by atoms with Crippen molar-refractivity contribution in [2.45, 2.75) is 6.92 Å². The molecule has 1 amide bonds. The molecule has 0 aromatic heterocycles. The molecule has 1 aliphatic heterocycles. The van der Waals surface area contributed by atoms with Gasteiger partial charge >= 0.3 is 0 Å². The molecule has 0 fully saturated rings. The van der Waals surface area contributed by atoms with E-state index in [0.29, 0.717) is 18.1 Å². The fourth-order valence-corrected chi connectivity index (χ4v) is 1.73. The number of hydrogen-bond donors (Lipinski definition) is 1. The van der Waals surface area contributed by atoms with E-state index in [1.807, 2.05) is 30.3 Å². The van der Waals surface area contributed by atoms with Crippen molar-refractivity contribution in [1.29, 1.82) is 0 Å². The predicted octanol–water partition coefficient (Wildman–Crippen LogP) is 1.28. The van der Waals surface area contributed by atoms with Gasteiger partial charge in [-0.2, -0.15) is 0 Å². The van der Waals surface area contributed by atoms with Crippen molar-refractivity contribution in [3.8, 4) is 0 Å². The van der Waals surface area contributed by atoms with E-state index in [2.05, 4.69) is 4.99 Å². The minimum Gasteiger partial charge on any atom is -0.395 e. The van der Waals surface area contributed by atoms with E-state index in [-0.39, 0.29) is 12.5 Å². The summed E-state index contributed by atoms with van der Waals surface area (Å²) in [6.45, 7) is 2.00. The molecule has 0 unspecified atom stereocenters. The molecule has 2 rings (SSSR count). The minimum atomic E-state index is -0.152. The Morgan fingerprint density at radius 3 is 2.71 bits per heavy atom. The standard InChI is InChI=1S/C13H14N2O2/c1-10-14-12(13(17)15(10)7-8-16)9-11-5-3-2-4-6-11/h2-6,9,16H,7-8H2,1H3/b12-9+. The lowest BCUT2D eigenvalue weighted by molar-refractivity contribution is -0.123. The summed E-state index contributed by atoms with van der Waals surface area (Å²) in [6, 6.07) is 9.58. The van der Waals surface area contributed by atoms with Crippen LogP contribution in [-0.2, 0) is 4.79 Å². The summed E-state index contributed by atoms with van der Waals surface area (Å²) in [5.41, 5.74) is 1.36. The third kappa shape index (κ3) is 2.42. The number of nitrogens with zero attached hydrogens (tertiary/aromatic N) is 2. The Hall–Kier alpha value is -1.94. The molecular weight excluding hydrogens is 216 g/mol. The van der Waals surface area contributed by atoms with E-state index < -0.39 is 0 Å². The van der Waals surface area contributed by atoms with Crippen LogP contribution in [0.1, 0.15) is 12.5 Å². The molecule has 1 heterocycles. The highest BCUT2D eigenvalue weighted by Crippen LogP contribution is 2.17. The zero-order valence-electron chi connectivity index (χ0n) is 9.63. The van der Waals surface area contributed by atoms with Crippen molar-refractivity contribution >= 4 is 17.8 Å². The van der Waals surface area contributed by atoms with Gasteiger partial charge < -0.3 is 5.11 Å². The normalized spacial score (nSPS) is 17.8. The van der Waals surface area contributed by atoms with Crippen molar-refractivity contribution in [2.75, 3.05) is 13.2 Å². The Labute approximate surface area is 99.9 Å². The lowest BCUT2D eigenvalue weighted by atomic mass is 10.2. The fraction of sp³-hybridized carbons (Fsp3) is 0.231. The van der Waals surface area contributed by atoms with Crippen LogP contribution in [0.2, 0.25) is 0 Å². The van der Waals surface area contributed by atoms with Crippen LogP contribution >= 0.6 is 0 Å². The van der Waals surface area contributed by atoms with E-state index in [1.54, 1.807) is 13.0 Å². The molecule has 0 spiro atoms. The van der Waals surface area contributed by atoms with Crippen LogP contribution in [0.4, 0.5) is 0 Å². The van der Waals surface area contributed by atoms with E-state index in [9.17, 15) is 4.79 Å². The molecule has 4 nitrogen and oxygen atoms in total. The number of aliphatic imine (C=N–C) groups is 1. The number of carbonyl (C=O) groups excluding carboxylic acids is 1. The Morgan fingerprint density at radius 2 is 2.06 bits per heavy atom. The molecule has 0 radical (unpaired) electrons. The molecule has 0 saturated carbocycles. The summed E-state index contributed by atoms with van der Waals surface area (Å²) in [7, 11) is 0. The maximum atomic E-state index is 11.9. The van der Waals surface area contributed by atoms with Gasteiger partial charge in [-0.25, -0.2) is 4.99 Å². The van der Waals surface area contributed by atoms with Gasteiger partial charge in [0.25, 0.3) is 5.91 Å². The molecule has 4 heteroatoms. The van der Waals surface area contributed by atoms with Gasteiger partial charge in [-0.05, 0) is 18.6 Å². The molecule has 1 aromatic rings. The van der Waals surface area contributed by atoms with Gasteiger partial charge in [0.15, 0.2) is 0 Å². The van der Waals surface area contributed by atoms with Crippen LogP contribution in [0.15, 0.2) is 41.0 Å². The van der Waals surface area contributed by atoms with Gasteiger partial charge in [-0.1, -0.05) is 30.3 Å². The largest absolute Gasteiger partial charge is 0.395 e. The highest BCUT2D eigenvalue weighted by Gasteiger charge is 2.26. The van der Waals surface area contributed by atoms with Gasteiger partial charge in [0.05, 0.1) is 13.2 Å². The van der Waals surface area contributed by atoms with Gasteiger partial charge in [0.2, 0.25) is 0 Å². The van der Waals surface area contributed by atoms with Crippen LogP contribution in [0.25, 0.3) is 6.08 Å². The van der Waals surface area contributed by atoms with E-state index in [0.717, 1.165) is 5.56 Å². The van der Waals surface area contributed by atoms with Crippen LogP contribution in [0.3, 0.4) is 0 Å². The Bertz CT molecular complexity index is 477. The highest BCUT2D eigenvalue weighted by molar-refractivity contribution is 6.13. The van der Waals surface area contributed by atoms with Crippen molar-refractivity contribution in [3.05, 3.63) is 41.6 Å². The Morgan fingerprint density at radius 1 is 1.35 bits per heavy atom. The molecule has 88 valence electrons. The molecular formula is C13H14N2O2. The quantitative estimate of drug-likeness (QED) is 0.795. The highest BCUT2D eigenvalue weighted by atomic mass is 16.3. The van der Waals surface area contributed by atoms with E-state index in [4.69, 9.17) is 5.11 Å². The number of aliphatic hydroxyl groups is 1. The first-order valence-corrected chi connectivity index (χ1v) is 5.47. The maximum absolute atomic E-state index is 11.9. The number of benzene rings is 1. The van der Waals surface area contributed by atoms with Crippen LogP contribution in [0.5, 0.6) is 0 Å². The zero-order valence-corrected chi connectivity index (χ0v) is 9.63. The van der Waals surface area contributed by atoms with Crippen LogP contribution < -0.4 is 0 Å². The van der Waals surface area contributed by atoms with Crippen LogP contribution in [-0.4, -0.2) is 34.9 Å². The first-order chi connectivity index (χ1) is 8.22. The summed E-state index contributed by atoms with van der Waals surface area (Å²) in [5.74, 6) is 0.478. The number of hydrogen-bond acceptors (Lipinski definition) is 3. The predicted molar refractivity (Wildman–Crippen MR) is 66.3 cm³/mol. The summed E-state index contributed by atoms with van der Waals surface area (Å²) in [5, 5.41) is 8.87. The lowest BCUT2D eigenvalue weighted by Crippen LogP contribution is -2.32. The second kappa shape index (κ2) is 4.93. The number of rotatable bonds is 3. The van der Waals surface area contributed by atoms with Crippen LogP contribution in [0, 0.1) is 0 Å². The topological polar surface area (TPSA) is 52.9 Å². The molecule has 1 aliphatic rings. The number of amidine groups is 1. The average molecular weight is 230 g/mol.